The molecule has 1 aromatic carbocycles. The number of aliphatic hydroxyl groups is 1. The van der Waals surface area contributed by atoms with Crippen LogP contribution in [0.15, 0.2) is 24.3 Å². The van der Waals surface area contributed by atoms with Crippen molar-refractivity contribution in [2.24, 2.45) is 0 Å². The number of para-hydroxylation sites is 1. The Morgan fingerprint density at radius 1 is 1.41 bits per heavy atom. The minimum absolute atomic E-state index is 0.111. The van der Waals surface area contributed by atoms with Crippen molar-refractivity contribution in [2.45, 2.75) is 24.7 Å². The number of hydrogen-bond donors (Lipinski definition) is 1. The highest BCUT2D eigenvalue weighted by Crippen LogP contribution is 2.27. The van der Waals surface area contributed by atoms with Crippen molar-refractivity contribution in [3.8, 4) is 0 Å². The molecule has 2 unspecified atom stereocenters. The van der Waals surface area contributed by atoms with Gasteiger partial charge in [0.2, 0.25) is 5.91 Å². The first-order chi connectivity index (χ1) is 10.2. The van der Waals surface area contributed by atoms with Crippen molar-refractivity contribution >= 4 is 11.6 Å². The Balaban J connectivity index is 2.07. The van der Waals surface area contributed by atoms with Gasteiger partial charge in [0.1, 0.15) is 5.82 Å². The van der Waals surface area contributed by atoms with Gasteiger partial charge in [0.05, 0.1) is 11.7 Å². The molecule has 0 bridgehead atoms. The second kappa shape index (κ2) is 6.21. The molecule has 122 valence electrons. The molecule has 0 radical (unpaired) electrons. The Labute approximate surface area is 124 Å². The third-order valence-corrected chi connectivity index (χ3v) is 3.69. The zero-order valence-corrected chi connectivity index (χ0v) is 11.8. The Hall–Kier alpha value is -1.67. The number of alkyl halides is 3. The molecule has 4 nitrogen and oxygen atoms in total. The van der Waals surface area contributed by atoms with E-state index in [1.807, 2.05) is 0 Å². The number of amides is 1. The SMILES string of the molecule is CN(CC(O)C(F)(F)F)C1CCN(c2ccccc2F)C1=O. The van der Waals surface area contributed by atoms with Gasteiger partial charge < -0.3 is 10.0 Å². The summed E-state index contributed by atoms with van der Waals surface area (Å²) in [5.74, 6) is -1.03. The zero-order valence-electron chi connectivity index (χ0n) is 11.8. The largest absolute Gasteiger partial charge is 0.415 e. The van der Waals surface area contributed by atoms with Crippen LogP contribution in [0.5, 0.6) is 0 Å². The molecular weight excluding hydrogens is 304 g/mol. The van der Waals surface area contributed by atoms with Gasteiger partial charge in [-0.2, -0.15) is 13.2 Å². The van der Waals surface area contributed by atoms with Crippen LogP contribution in [-0.2, 0) is 4.79 Å². The van der Waals surface area contributed by atoms with E-state index in [9.17, 15) is 22.4 Å². The average Bonchev–Trinajstić information content (AvgIpc) is 2.80. The van der Waals surface area contributed by atoms with Crippen LogP contribution in [0.2, 0.25) is 0 Å². The molecule has 2 atom stereocenters. The molecule has 1 aliphatic heterocycles. The van der Waals surface area contributed by atoms with Gasteiger partial charge >= 0.3 is 6.18 Å². The minimum atomic E-state index is -4.73. The number of benzene rings is 1. The molecule has 1 N–H and O–H groups in total. The summed E-state index contributed by atoms with van der Waals surface area (Å²) in [6, 6.07) is 4.92. The van der Waals surface area contributed by atoms with E-state index in [2.05, 4.69) is 0 Å². The second-order valence-corrected chi connectivity index (χ2v) is 5.24. The fourth-order valence-electron chi connectivity index (χ4n) is 2.49. The van der Waals surface area contributed by atoms with E-state index in [4.69, 9.17) is 5.11 Å². The third-order valence-electron chi connectivity index (χ3n) is 3.69. The van der Waals surface area contributed by atoms with Crippen LogP contribution in [0.4, 0.5) is 23.2 Å². The van der Waals surface area contributed by atoms with Gasteiger partial charge in [0, 0.05) is 13.1 Å². The molecule has 8 heteroatoms. The van der Waals surface area contributed by atoms with Gasteiger partial charge in [-0.25, -0.2) is 4.39 Å². The van der Waals surface area contributed by atoms with Crippen molar-refractivity contribution in [3.05, 3.63) is 30.1 Å². The number of carbonyl (C=O) groups is 1. The molecule has 1 saturated heterocycles. The maximum absolute atomic E-state index is 13.7. The summed E-state index contributed by atoms with van der Waals surface area (Å²) in [5, 5.41) is 9.08. The maximum atomic E-state index is 13.7. The lowest BCUT2D eigenvalue weighted by atomic mass is 10.2. The molecule has 1 aromatic rings. The number of aliphatic hydroxyl groups excluding tert-OH is 1. The van der Waals surface area contributed by atoms with Crippen molar-refractivity contribution in [1.82, 2.24) is 4.90 Å². The van der Waals surface area contributed by atoms with Gasteiger partial charge in [-0.15, -0.1) is 0 Å². The van der Waals surface area contributed by atoms with Crippen LogP contribution < -0.4 is 4.90 Å². The number of rotatable bonds is 4. The van der Waals surface area contributed by atoms with Crippen molar-refractivity contribution in [1.29, 1.82) is 0 Å². The quantitative estimate of drug-likeness (QED) is 0.860. The molecule has 0 saturated carbocycles. The molecule has 0 spiro atoms. The fraction of sp³-hybridized carbons (Fsp3) is 0.500. The lowest BCUT2D eigenvalue weighted by molar-refractivity contribution is -0.208. The average molecular weight is 320 g/mol. The third kappa shape index (κ3) is 3.38. The standard InChI is InChI=1S/C14H16F4N2O2/c1-19(8-12(21)14(16,17)18)11-6-7-20(13(11)22)10-5-3-2-4-9(10)15/h2-5,11-12,21H,6-8H2,1H3. The van der Waals surface area contributed by atoms with Crippen LogP contribution in [0, 0.1) is 5.82 Å². The number of carbonyl (C=O) groups excluding carboxylic acids is 1. The van der Waals surface area contributed by atoms with Crippen molar-refractivity contribution in [2.75, 3.05) is 25.0 Å². The van der Waals surface area contributed by atoms with E-state index < -0.39 is 36.6 Å². The molecular formula is C14H16F4N2O2. The number of anilines is 1. The summed E-state index contributed by atoms with van der Waals surface area (Å²) in [7, 11) is 1.34. The van der Waals surface area contributed by atoms with Gasteiger partial charge in [0.25, 0.3) is 0 Å². The van der Waals surface area contributed by atoms with E-state index in [1.165, 1.54) is 30.1 Å². The second-order valence-electron chi connectivity index (χ2n) is 5.24. The number of nitrogens with zero attached hydrogens (tertiary/aromatic N) is 2. The lowest BCUT2D eigenvalue weighted by Crippen LogP contribution is -2.46. The summed E-state index contributed by atoms with van der Waals surface area (Å²) in [6.07, 6.45) is -6.98. The first kappa shape index (κ1) is 16.7. The summed E-state index contributed by atoms with van der Waals surface area (Å²) in [4.78, 5) is 14.7. The Bertz CT molecular complexity index is 550. The smallest absolute Gasteiger partial charge is 0.382 e. The number of halogens is 4. The topological polar surface area (TPSA) is 43.8 Å². The number of likely N-dealkylation sites (N-methyl/N-ethyl adjacent to an activating group) is 1. The summed E-state index contributed by atoms with van der Waals surface area (Å²) >= 11 is 0. The highest BCUT2D eigenvalue weighted by molar-refractivity contribution is 5.99. The molecule has 1 fully saturated rings. The zero-order chi connectivity index (χ0) is 16.5. The van der Waals surface area contributed by atoms with E-state index in [0.717, 1.165) is 4.90 Å². The maximum Gasteiger partial charge on any atom is 0.415 e. The van der Waals surface area contributed by atoms with Crippen LogP contribution in [0.3, 0.4) is 0 Å². The molecule has 0 aromatic heterocycles. The van der Waals surface area contributed by atoms with Crippen LogP contribution in [0.1, 0.15) is 6.42 Å². The molecule has 22 heavy (non-hydrogen) atoms. The fourth-order valence-corrected chi connectivity index (χ4v) is 2.49. The highest BCUT2D eigenvalue weighted by atomic mass is 19.4. The molecule has 2 rings (SSSR count). The van der Waals surface area contributed by atoms with Crippen molar-refractivity contribution in [3.63, 3.8) is 0 Å². The normalized spacial score (nSPS) is 20.8. The van der Waals surface area contributed by atoms with Gasteiger partial charge in [0.15, 0.2) is 6.10 Å². The minimum Gasteiger partial charge on any atom is -0.382 e. The predicted molar refractivity (Wildman–Crippen MR) is 71.8 cm³/mol. The molecule has 1 heterocycles. The predicted octanol–water partition coefficient (Wildman–Crippen LogP) is 1.79. The van der Waals surface area contributed by atoms with Crippen LogP contribution in [-0.4, -0.2) is 54.4 Å². The Kier molecular flexibility index (Phi) is 4.72. The molecule has 1 aliphatic rings. The monoisotopic (exact) mass is 320 g/mol. The summed E-state index contributed by atoms with van der Waals surface area (Å²) in [6.45, 7) is -0.484. The van der Waals surface area contributed by atoms with Crippen LogP contribution >= 0.6 is 0 Å². The van der Waals surface area contributed by atoms with Gasteiger partial charge in [-0.3, -0.25) is 9.69 Å². The first-order valence-corrected chi connectivity index (χ1v) is 6.72. The van der Waals surface area contributed by atoms with E-state index in [0.29, 0.717) is 0 Å². The summed E-state index contributed by atoms with van der Waals surface area (Å²) < 4.78 is 50.8. The Morgan fingerprint density at radius 3 is 2.64 bits per heavy atom. The summed E-state index contributed by atoms with van der Waals surface area (Å²) in [5.41, 5.74) is 0.111. The van der Waals surface area contributed by atoms with E-state index >= 15 is 0 Å². The molecule has 1 amide bonds. The van der Waals surface area contributed by atoms with E-state index in [1.54, 1.807) is 6.07 Å². The highest BCUT2D eigenvalue weighted by Gasteiger charge is 2.42. The van der Waals surface area contributed by atoms with Crippen LogP contribution in [0.25, 0.3) is 0 Å². The van der Waals surface area contributed by atoms with E-state index in [-0.39, 0.29) is 18.7 Å². The van der Waals surface area contributed by atoms with Gasteiger partial charge in [-0.1, -0.05) is 12.1 Å². The number of hydrogen-bond acceptors (Lipinski definition) is 3. The Morgan fingerprint density at radius 2 is 2.05 bits per heavy atom. The van der Waals surface area contributed by atoms with Crippen molar-refractivity contribution < 1.29 is 27.5 Å². The first-order valence-electron chi connectivity index (χ1n) is 6.72. The van der Waals surface area contributed by atoms with Gasteiger partial charge in [-0.05, 0) is 25.6 Å². The lowest BCUT2D eigenvalue weighted by Gasteiger charge is -2.26. The molecule has 0 aliphatic carbocycles.